The molecule has 214 valence electrons. The standard InChI is InChI=1S/C30H26F4N2O5/c1-18-26(36-29(41-18)20-5-3-2-4-6-20)13-14-40-23-10-7-19(8-12-27(37)38)21(15-23)17-35-28(39)24-11-9-22(31)16-25(24)30(32,33)34/h2-7,9-11,15-16H,8,12-14,17H2,1H3,(H,35,39)(H,37,38). The van der Waals surface area contributed by atoms with Crippen molar-refractivity contribution in [2.24, 2.45) is 0 Å². The van der Waals surface area contributed by atoms with Crippen molar-refractivity contribution in [3.8, 4) is 17.2 Å². The van der Waals surface area contributed by atoms with Gasteiger partial charge in [-0.2, -0.15) is 13.2 Å². The fourth-order valence-electron chi connectivity index (χ4n) is 4.19. The summed E-state index contributed by atoms with van der Waals surface area (Å²) in [5, 5.41) is 11.5. The molecule has 4 rings (SSSR count). The summed E-state index contributed by atoms with van der Waals surface area (Å²) in [6, 6.07) is 16.1. The number of hydrogen-bond donors (Lipinski definition) is 2. The second kappa shape index (κ2) is 12.7. The normalized spacial score (nSPS) is 11.3. The molecule has 0 aliphatic heterocycles. The second-order valence-corrected chi connectivity index (χ2v) is 9.18. The first-order valence-corrected chi connectivity index (χ1v) is 12.6. The maximum Gasteiger partial charge on any atom is 0.417 e. The first-order chi connectivity index (χ1) is 19.5. The lowest BCUT2D eigenvalue weighted by molar-refractivity contribution is -0.138. The number of halogens is 4. The van der Waals surface area contributed by atoms with E-state index in [1.807, 2.05) is 30.3 Å². The average Bonchev–Trinajstić information content (AvgIpc) is 3.31. The summed E-state index contributed by atoms with van der Waals surface area (Å²) in [4.78, 5) is 28.3. The number of alkyl halides is 3. The van der Waals surface area contributed by atoms with Crippen LogP contribution in [0.1, 0.15) is 44.9 Å². The van der Waals surface area contributed by atoms with Crippen LogP contribution in [-0.2, 0) is 30.4 Å². The van der Waals surface area contributed by atoms with Gasteiger partial charge in [0.05, 0.1) is 23.4 Å². The first-order valence-electron chi connectivity index (χ1n) is 12.6. The Kier molecular flexibility index (Phi) is 9.06. The summed E-state index contributed by atoms with van der Waals surface area (Å²) in [6.45, 7) is 1.83. The molecule has 0 bridgehead atoms. The summed E-state index contributed by atoms with van der Waals surface area (Å²) >= 11 is 0. The van der Waals surface area contributed by atoms with Crippen LogP contribution in [0.2, 0.25) is 0 Å². The van der Waals surface area contributed by atoms with Crippen LogP contribution >= 0.6 is 0 Å². The molecule has 1 amide bonds. The summed E-state index contributed by atoms with van der Waals surface area (Å²) in [6.07, 6.45) is -4.56. The van der Waals surface area contributed by atoms with Gasteiger partial charge >= 0.3 is 12.1 Å². The number of carbonyl (C=O) groups is 2. The van der Waals surface area contributed by atoms with Crippen LogP contribution in [0.3, 0.4) is 0 Å². The van der Waals surface area contributed by atoms with Gasteiger partial charge in [-0.1, -0.05) is 24.3 Å². The molecule has 0 aliphatic carbocycles. The van der Waals surface area contributed by atoms with Crippen molar-refractivity contribution in [1.29, 1.82) is 0 Å². The smallest absolute Gasteiger partial charge is 0.417 e. The van der Waals surface area contributed by atoms with Crippen molar-refractivity contribution in [1.82, 2.24) is 10.3 Å². The van der Waals surface area contributed by atoms with Gasteiger partial charge in [0.25, 0.3) is 5.91 Å². The van der Waals surface area contributed by atoms with E-state index in [0.29, 0.717) is 40.6 Å². The zero-order chi connectivity index (χ0) is 29.6. The number of carboxylic acids is 1. The van der Waals surface area contributed by atoms with Gasteiger partial charge in [0.1, 0.15) is 17.3 Å². The van der Waals surface area contributed by atoms with Gasteiger partial charge in [-0.05, 0) is 66.9 Å². The number of aryl methyl sites for hydroxylation is 2. The SMILES string of the molecule is Cc1oc(-c2ccccc2)nc1CCOc1ccc(CCC(=O)O)c(CNC(=O)c2ccc(F)cc2C(F)(F)F)c1. The third-order valence-electron chi connectivity index (χ3n) is 6.28. The molecular formula is C30H26F4N2O5. The van der Waals surface area contributed by atoms with Crippen LogP contribution in [0.25, 0.3) is 11.5 Å². The Morgan fingerprint density at radius 2 is 1.76 bits per heavy atom. The van der Waals surface area contributed by atoms with Crippen LogP contribution in [0.15, 0.2) is 71.1 Å². The Morgan fingerprint density at radius 3 is 2.46 bits per heavy atom. The van der Waals surface area contributed by atoms with Crippen molar-refractivity contribution in [3.05, 3.63) is 106 Å². The Morgan fingerprint density at radius 1 is 1.00 bits per heavy atom. The number of nitrogens with zero attached hydrogens (tertiary/aromatic N) is 1. The van der Waals surface area contributed by atoms with Gasteiger partial charge in [-0.25, -0.2) is 9.37 Å². The minimum absolute atomic E-state index is 0.131. The predicted molar refractivity (Wildman–Crippen MR) is 141 cm³/mol. The Balaban J connectivity index is 1.46. The number of oxazole rings is 1. The molecule has 11 heteroatoms. The molecule has 0 saturated heterocycles. The van der Waals surface area contributed by atoms with Crippen LogP contribution in [0.5, 0.6) is 5.75 Å². The molecule has 0 radical (unpaired) electrons. The number of aliphatic carboxylic acids is 1. The number of nitrogens with one attached hydrogen (secondary N) is 1. The van der Waals surface area contributed by atoms with E-state index >= 15 is 0 Å². The van der Waals surface area contributed by atoms with Crippen LogP contribution < -0.4 is 10.1 Å². The van der Waals surface area contributed by atoms with Gasteiger partial charge in [-0.15, -0.1) is 0 Å². The highest BCUT2D eigenvalue weighted by Gasteiger charge is 2.35. The number of aromatic nitrogens is 1. The van der Waals surface area contributed by atoms with Crippen molar-refractivity contribution >= 4 is 11.9 Å². The highest BCUT2D eigenvalue weighted by molar-refractivity contribution is 5.95. The molecule has 4 aromatic rings. The van der Waals surface area contributed by atoms with E-state index in [2.05, 4.69) is 10.3 Å². The summed E-state index contributed by atoms with van der Waals surface area (Å²) in [5.41, 5.74) is 0.489. The Labute approximate surface area is 232 Å². The lowest BCUT2D eigenvalue weighted by Crippen LogP contribution is -2.26. The minimum atomic E-state index is -4.93. The zero-order valence-electron chi connectivity index (χ0n) is 21.9. The van der Waals surface area contributed by atoms with Crippen LogP contribution in [-0.4, -0.2) is 28.6 Å². The van der Waals surface area contributed by atoms with Gasteiger partial charge in [0.15, 0.2) is 0 Å². The Hall–Kier alpha value is -4.67. The molecule has 0 unspecified atom stereocenters. The number of amides is 1. The molecule has 0 atom stereocenters. The maximum atomic E-state index is 13.4. The summed E-state index contributed by atoms with van der Waals surface area (Å²) in [7, 11) is 0. The van der Waals surface area contributed by atoms with Crippen molar-refractivity contribution in [2.75, 3.05) is 6.61 Å². The van der Waals surface area contributed by atoms with Gasteiger partial charge in [0, 0.05) is 24.9 Å². The van der Waals surface area contributed by atoms with Gasteiger partial charge < -0.3 is 19.6 Å². The summed E-state index contributed by atoms with van der Waals surface area (Å²) < 4.78 is 65.2. The number of ether oxygens (including phenoxy) is 1. The van der Waals surface area contributed by atoms with Crippen molar-refractivity contribution in [2.45, 2.75) is 38.9 Å². The third kappa shape index (κ3) is 7.71. The molecule has 1 heterocycles. The number of carbonyl (C=O) groups excluding carboxylic acids is 1. The first kappa shape index (κ1) is 29.3. The van der Waals surface area contributed by atoms with E-state index in [9.17, 15) is 27.2 Å². The molecule has 1 aromatic heterocycles. The highest BCUT2D eigenvalue weighted by atomic mass is 19.4. The monoisotopic (exact) mass is 570 g/mol. The topological polar surface area (TPSA) is 102 Å². The summed E-state index contributed by atoms with van der Waals surface area (Å²) in [5.74, 6) is -1.64. The van der Waals surface area contributed by atoms with E-state index in [1.54, 1.807) is 25.1 Å². The molecule has 0 aliphatic rings. The van der Waals surface area contributed by atoms with Gasteiger partial charge in [0.2, 0.25) is 5.89 Å². The van der Waals surface area contributed by atoms with Crippen LogP contribution in [0, 0.1) is 12.7 Å². The van der Waals surface area contributed by atoms with E-state index in [1.165, 1.54) is 0 Å². The number of rotatable bonds is 11. The lowest BCUT2D eigenvalue weighted by atomic mass is 10.0. The van der Waals surface area contributed by atoms with Crippen molar-refractivity contribution < 1.29 is 41.4 Å². The highest BCUT2D eigenvalue weighted by Crippen LogP contribution is 2.32. The molecule has 41 heavy (non-hydrogen) atoms. The molecule has 3 aromatic carbocycles. The second-order valence-electron chi connectivity index (χ2n) is 9.18. The van der Waals surface area contributed by atoms with E-state index in [-0.39, 0.29) is 32.1 Å². The molecule has 7 nitrogen and oxygen atoms in total. The molecule has 2 N–H and O–H groups in total. The molecule has 0 spiro atoms. The quantitative estimate of drug-likeness (QED) is 0.203. The Bertz CT molecular complexity index is 1530. The lowest BCUT2D eigenvalue weighted by Gasteiger charge is -2.15. The fraction of sp³-hybridized carbons (Fsp3) is 0.233. The fourth-order valence-corrected chi connectivity index (χ4v) is 4.19. The molecule has 0 saturated carbocycles. The predicted octanol–water partition coefficient (Wildman–Crippen LogP) is 6.38. The minimum Gasteiger partial charge on any atom is -0.493 e. The third-order valence-corrected chi connectivity index (χ3v) is 6.28. The van der Waals surface area contributed by atoms with E-state index in [0.717, 1.165) is 17.7 Å². The van der Waals surface area contributed by atoms with Gasteiger partial charge in [-0.3, -0.25) is 9.59 Å². The molecule has 0 fully saturated rings. The molecular weight excluding hydrogens is 544 g/mol. The largest absolute Gasteiger partial charge is 0.493 e. The number of hydrogen-bond acceptors (Lipinski definition) is 5. The van der Waals surface area contributed by atoms with Crippen molar-refractivity contribution in [3.63, 3.8) is 0 Å². The van der Waals surface area contributed by atoms with E-state index < -0.39 is 35.0 Å². The average molecular weight is 571 g/mol. The van der Waals surface area contributed by atoms with Crippen LogP contribution in [0.4, 0.5) is 17.6 Å². The zero-order valence-corrected chi connectivity index (χ0v) is 21.9. The number of carboxylic acid groups (broad SMARTS) is 1. The number of benzene rings is 3. The maximum absolute atomic E-state index is 13.4. The van der Waals surface area contributed by atoms with E-state index in [4.69, 9.17) is 14.3 Å².